The number of rotatable bonds is 8. The molecule has 0 saturated carbocycles. The summed E-state index contributed by atoms with van der Waals surface area (Å²) in [4.78, 5) is 41.3. The minimum atomic E-state index is -0.696. The highest BCUT2D eigenvalue weighted by molar-refractivity contribution is 7.15. The molecule has 2 heterocycles. The average Bonchev–Trinajstić information content (AvgIpc) is 3.13. The first-order valence-corrected chi connectivity index (χ1v) is 10.9. The van der Waals surface area contributed by atoms with Gasteiger partial charge < -0.3 is 14.8 Å². The standard InChI is InChI=1S/C23H24N2O5S/c1-4-29-23(28)20-16(11-14(2)3)13-31-21(20)25-19(26)12-30-22(27)18-10-9-15-7-5-6-8-17(15)24-18/h5-10,13-14H,4,11-12H2,1-3H3,(H,25,26). The summed E-state index contributed by atoms with van der Waals surface area (Å²) in [7, 11) is 0. The maximum Gasteiger partial charge on any atom is 0.357 e. The Balaban J connectivity index is 1.66. The zero-order valence-corrected chi connectivity index (χ0v) is 18.5. The molecular formula is C23H24N2O5S. The predicted molar refractivity (Wildman–Crippen MR) is 119 cm³/mol. The number of para-hydroxylation sites is 1. The molecule has 0 aliphatic rings. The van der Waals surface area contributed by atoms with Gasteiger partial charge in [-0.1, -0.05) is 38.1 Å². The molecule has 0 fully saturated rings. The van der Waals surface area contributed by atoms with E-state index in [1.165, 1.54) is 11.3 Å². The first-order valence-electron chi connectivity index (χ1n) is 9.99. The van der Waals surface area contributed by atoms with Gasteiger partial charge >= 0.3 is 11.9 Å². The average molecular weight is 441 g/mol. The van der Waals surface area contributed by atoms with Crippen molar-refractivity contribution in [1.29, 1.82) is 0 Å². The molecule has 0 saturated heterocycles. The number of aromatic nitrogens is 1. The van der Waals surface area contributed by atoms with E-state index in [4.69, 9.17) is 9.47 Å². The largest absolute Gasteiger partial charge is 0.462 e. The molecule has 8 heteroatoms. The number of nitrogens with zero attached hydrogens (tertiary/aromatic N) is 1. The number of amides is 1. The van der Waals surface area contributed by atoms with Crippen molar-refractivity contribution in [2.45, 2.75) is 27.2 Å². The molecule has 3 aromatic rings. The van der Waals surface area contributed by atoms with Crippen molar-refractivity contribution in [1.82, 2.24) is 4.98 Å². The summed E-state index contributed by atoms with van der Waals surface area (Å²) >= 11 is 1.25. The predicted octanol–water partition coefficient (Wildman–Crippen LogP) is 4.47. The van der Waals surface area contributed by atoms with Gasteiger partial charge in [-0.05, 0) is 42.3 Å². The minimum absolute atomic E-state index is 0.119. The lowest BCUT2D eigenvalue weighted by Gasteiger charge is -2.10. The molecule has 1 amide bonds. The molecule has 1 aromatic carbocycles. The highest BCUT2D eigenvalue weighted by Crippen LogP contribution is 2.31. The molecule has 0 aliphatic carbocycles. The van der Waals surface area contributed by atoms with E-state index in [2.05, 4.69) is 10.3 Å². The van der Waals surface area contributed by atoms with Crippen molar-refractivity contribution in [3.05, 3.63) is 58.6 Å². The summed E-state index contributed by atoms with van der Waals surface area (Å²) in [6, 6.07) is 10.7. The number of hydrogen-bond donors (Lipinski definition) is 1. The number of esters is 2. The van der Waals surface area contributed by atoms with Crippen molar-refractivity contribution >= 4 is 45.1 Å². The number of pyridine rings is 1. The molecule has 1 N–H and O–H groups in total. The van der Waals surface area contributed by atoms with Gasteiger partial charge in [-0.25, -0.2) is 14.6 Å². The van der Waals surface area contributed by atoms with Gasteiger partial charge in [0.15, 0.2) is 6.61 Å². The van der Waals surface area contributed by atoms with Crippen LogP contribution in [0, 0.1) is 5.92 Å². The summed E-state index contributed by atoms with van der Waals surface area (Å²) in [5, 5.41) is 5.79. The Morgan fingerprint density at radius 1 is 1.06 bits per heavy atom. The van der Waals surface area contributed by atoms with Gasteiger partial charge in [0.1, 0.15) is 10.7 Å². The summed E-state index contributed by atoms with van der Waals surface area (Å²) in [6.07, 6.45) is 0.684. The molecule has 0 unspecified atom stereocenters. The number of carbonyl (C=O) groups is 3. The van der Waals surface area contributed by atoms with Crippen LogP contribution in [0.1, 0.15) is 47.2 Å². The van der Waals surface area contributed by atoms with Crippen LogP contribution in [0.3, 0.4) is 0 Å². The number of ether oxygens (including phenoxy) is 2. The number of hydrogen-bond acceptors (Lipinski definition) is 7. The zero-order valence-electron chi connectivity index (χ0n) is 17.6. The van der Waals surface area contributed by atoms with Crippen LogP contribution >= 0.6 is 11.3 Å². The van der Waals surface area contributed by atoms with Crippen LogP contribution in [0.2, 0.25) is 0 Å². The molecule has 0 atom stereocenters. The second kappa shape index (κ2) is 10.2. The quantitative estimate of drug-likeness (QED) is 0.520. The Kier molecular flexibility index (Phi) is 7.36. The van der Waals surface area contributed by atoms with Crippen molar-refractivity contribution in [3.8, 4) is 0 Å². The third-order valence-corrected chi connectivity index (χ3v) is 5.31. The molecule has 0 aliphatic heterocycles. The number of nitrogens with one attached hydrogen (secondary N) is 1. The fourth-order valence-corrected chi connectivity index (χ4v) is 4.03. The van der Waals surface area contributed by atoms with Crippen LogP contribution < -0.4 is 5.32 Å². The van der Waals surface area contributed by atoms with Crippen LogP contribution in [0.15, 0.2) is 41.8 Å². The Labute approximate surface area is 184 Å². The van der Waals surface area contributed by atoms with E-state index in [0.717, 1.165) is 10.9 Å². The van der Waals surface area contributed by atoms with Crippen molar-refractivity contribution in [2.24, 2.45) is 5.92 Å². The van der Waals surface area contributed by atoms with Gasteiger partial charge in [-0.2, -0.15) is 0 Å². The normalized spacial score (nSPS) is 10.8. The molecular weight excluding hydrogens is 416 g/mol. The molecule has 2 aromatic heterocycles. The van der Waals surface area contributed by atoms with Gasteiger partial charge in [-0.3, -0.25) is 4.79 Å². The third-order valence-electron chi connectivity index (χ3n) is 4.37. The highest BCUT2D eigenvalue weighted by Gasteiger charge is 2.22. The number of carbonyl (C=O) groups excluding carboxylic acids is 3. The van der Waals surface area contributed by atoms with Crippen LogP contribution in [0.4, 0.5) is 5.00 Å². The molecule has 0 radical (unpaired) electrons. The van der Waals surface area contributed by atoms with Crippen LogP contribution in [-0.2, 0) is 20.7 Å². The zero-order chi connectivity index (χ0) is 22.4. The first kappa shape index (κ1) is 22.4. The highest BCUT2D eigenvalue weighted by atomic mass is 32.1. The summed E-state index contributed by atoms with van der Waals surface area (Å²) in [5.74, 6) is -1.38. The van der Waals surface area contributed by atoms with E-state index in [0.29, 0.717) is 28.4 Å². The fourth-order valence-electron chi connectivity index (χ4n) is 3.05. The topological polar surface area (TPSA) is 94.6 Å². The molecule has 7 nitrogen and oxygen atoms in total. The molecule has 0 bridgehead atoms. The van der Waals surface area contributed by atoms with Gasteiger partial charge in [0.25, 0.3) is 5.91 Å². The Hall–Kier alpha value is -3.26. The Morgan fingerprint density at radius 3 is 2.58 bits per heavy atom. The monoisotopic (exact) mass is 440 g/mol. The van der Waals surface area contributed by atoms with Gasteiger partial charge in [-0.15, -0.1) is 11.3 Å². The third kappa shape index (κ3) is 5.67. The summed E-state index contributed by atoms with van der Waals surface area (Å²) in [5.41, 5.74) is 1.97. The number of anilines is 1. The van der Waals surface area contributed by atoms with E-state index in [1.54, 1.807) is 25.1 Å². The van der Waals surface area contributed by atoms with E-state index in [9.17, 15) is 14.4 Å². The van der Waals surface area contributed by atoms with Crippen LogP contribution in [-0.4, -0.2) is 36.0 Å². The fraction of sp³-hybridized carbons (Fsp3) is 0.304. The number of thiophene rings is 1. The minimum Gasteiger partial charge on any atom is -0.462 e. The molecule has 3 rings (SSSR count). The van der Waals surface area contributed by atoms with Crippen molar-refractivity contribution < 1.29 is 23.9 Å². The van der Waals surface area contributed by atoms with E-state index < -0.39 is 24.5 Å². The number of fused-ring (bicyclic) bond motifs is 1. The van der Waals surface area contributed by atoms with Crippen molar-refractivity contribution in [3.63, 3.8) is 0 Å². The second-order valence-corrected chi connectivity index (χ2v) is 8.18. The lowest BCUT2D eigenvalue weighted by Crippen LogP contribution is -2.22. The summed E-state index contributed by atoms with van der Waals surface area (Å²) < 4.78 is 10.2. The van der Waals surface area contributed by atoms with Gasteiger partial charge in [0, 0.05) is 5.39 Å². The summed E-state index contributed by atoms with van der Waals surface area (Å²) in [6.45, 7) is 5.56. The van der Waals surface area contributed by atoms with Crippen LogP contribution in [0.5, 0.6) is 0 Å². The first-order chi connectivity index (χ1) is 14.9. The van der Waals surface area contributed by atoms with Gasteiger partial charge in [0.2, 0.25) is 0 Å². The van der Waals surface area contributed by atoms with E-state index >= 15 is 0 Å². The Bertz CT molecular complexity index is 1110. The SMILES string of the molecule is CCOC(=O)c1c(CC(C)C)csc1NC(=O)COC(=O)c1ccc2ccccc2n1. The lowest BCUT2D eigenvalue weighted by molar-refractivity contribution is -0.119. The van der Waals surface area contributed by atoms with E-state index in [1.807, 2.05) is 37.4 Å². The molecule has 0 spiro atoms. The molecule has 162 valence electrons. The maximum absolute atomic E-state index is 12.4. The van der Waals surface area contributed by atoms with E-state index in [-0.39, 0.29) is 12.3 Å². The van der Waals surface area contributed by atoms with Crippen molar-refractivity contribution in [2.75, 3.05) is 18.5 Å². The maximum atomic E-state index is 12.4. The smallest absolute Gasteiger partial charge is 0.357 e. The lowest BCUT2D eigenvalue weighted by atomic mass is 10.0. The van der Waals surface area contributed by atoms with Crippen LogP contribution in [0.25, 0.3) is 10.9 Å². The van der Waals surface area contributed by atoms with Gasteiger partial charge in [0.05, 0.1) is 17.7 Å². The second-order valence-electron chi connectivity index (χ2n) is 7.30. The Morgan fingerprint density at radius 2 is 1.84 bits per heavy atom. The number of benzene rings is 1. The molecule has 31 heavy (non-hydrogen) atoms.